The molecule has 0 spiro atoms. The quantitative estimate of drug-likeness (QED) is 0.805. The van der Waals surface area contributed by atoms with Crippen molar-refractivity contribution in [2.75, 3.05) is 6.61 Å². The molecule has 6 heteroatoms. The monoisotopic (exact) mass is 324 g/mol. The number of fused-ring (bicyclic) bond motifs is 2. The largest absolute Gasteiger partial charge is 0.377 e. The zero-order chi connectivity index (χ0) is 16.2. The Kier molecular flexibility index (Phi) is 2.12. The lowest BCUT2D eigenvalue weighted by molar-refractivity contribution is 0.173. The molecular formula is C18H17FN4O. The summed E-state index contributed by atoms with van der Waals surface area (Å²) < 4.78 is 21.8. The lowest BCUT2D eigenvalue weighted by atomic mass is 10.0. The molecule has 1 N–H and O–H groups in total. The van der Waals surface area contributed by atoms with Gasteiger partial charge in [-0.2, -0.15) is 5.10 Å². The Hall–Kier alpha value is -2.21. The van der Waals surface area contributed by atoms with Gasteiger partial charge in [-0.3, -0.25) is 4.68 Å². The van der Waals surface area contributed by atoms with Crippen LogP contribution in [0.25, 0.3) is 22.3 Å². The van der Waals surface area contributed by atoms with Gasteiger partial charge in [0.25, 0.3) is 0 Å². The van der Waals surface area contributed by atoms with Gasteiger partial charge in [-0.25, -0.2) is 9.37 Å². The molecule has 3 aromatic rings. The minimum atomic E-state index is -0.280. The third-order valence-electron chi connectivity index (χ3n) is 6.08. The van der Waals surface area contributed by atoms with Gasteiger partial charge in [0.1, 0.15) is 11.5 Å². The summed E-state index contributed by atoms with van der Waals surface area (Å²) in [4.78, 5) is 7.16. The van der Waals surface area contributed by atoms with Crippen LogP contribution in [-0.2, 0) is 10.2 Å². The molecule has 0 amide bonds. The molecule has 2 saturated heterocycles. The van der Waals surface area contributed by atoms with Crippen LogP contribution < -0.4 is 0 Å². The van der Waals surface area contributed by atoms with Gasteiger partial charge >= 0.3 is 0 Å². The fourth-order valence-electron chi connectivity index (χ4n) is 4.78. The molecule has 2 aliphatic carbocycles. The van der Waals surface area contributed by atoms with Crippen molar-refractivity contribution in [3.63, 3.8) is 0 Å². The van der Waals surface area contributed by atoms with Gasteiger partial charge in [0.05, 0.1) is 23.8 Å². The maximum atomic E-state index is 13.9. The molecule has 0 radical (unpaired) electrons. The average molecular weight is 324 g/mol. The average Bonchev–Trinajstić information content (AvgIpc) is 3.08. The Balaban J connectivity index is 1.50. The molecule has 4 atom stereocenters. The molecule has 122 valence electrons. The molecule has 7 rings (SSSR count). The minimum absolute atomic E-state index is 0.215. The lowest BCUT2D eigenvalue weighted by Crippen LogP contribution is -2.16. The molecular weight excluding hydrogens is 307 g/mol. The van der Waals surface area contributed by atoms with E-state index in [1.165, 1.54) is 11.9 Å². The van der Waals surface area contributed by atoms with Crippen molar-refractivity contribution in [1.82, 2.24) is 19.7 Å². The number of rotatable bonds is 3. The van der Waals surface area contributed by atoms with Crippen molar-refractivity contribution >= 4 is 11.0 Å². The highest BCUT2D eigenvalue weighted by Crippen LogP contribution is 2.85. The number of ether oxygens (including phenoxy) is 1. The second-order valence-electron chi connectivity index (χ2n) is 7.53. The van der Waals surface area contributed by atoms with E-state index in [1.54, 1.807) is 6.20 Å². The van der Waals surface area contributed by atoms with Crippen LogP contribution in [0, 0.1) is 17.7 Å². The SMILES string of the molecule is CC(C)n1nc(-c2cnc3[nH]cc(F)c3c2)cc1[C@]12C3OC[C@@H]1[C@H]32. The van der Waals surface area contributed by atoms with Crippen LogP contribution in [0.2, 0.25) is 0 Å². The fraction of sp³-hybridized carbons (Fsp3) is 0.444. The van der Waals surface area contributed by atoms with Crippen molar-refractivity contribution in [2.24, 2.45) is 11.8 Å². The highest BCUT2D eigenvalue weighted by atomic mass is 19.1. The topological polar surface area (TPSA) is 55.7 Å². The van der Waals surface area contributed by atoms with Crippen molar-refractivity contribution in [3.8, 4) is 11.3 Å². The molecule has 4 fully saturated rings. The van der Waals surface area contributed by atoms with E-state index in [4.69, 9.17) is 9.84 Å². The number of aromatic amines is 1. The summed E-state index contributed by atoms with van der Waals surface area (Å²) in [7, 11) is 0. The van der Waals surface area contributed by atoms with E-state index in [-0.39, 0.29) is 17.3 Å². The highest BCUT2D eigenvalue weighted by molar-refractivity contribution is 5.81. The lowest BCUT2D eigenvalue weighted by Gasteiger charge is -2.13. The number of pyridine rings is 1. The second kappa shape index (κ2) is 3.88. The first kappa shape index (κ1) is 13.1. The molecule has 3 aromatic heterocycles. The molecule has 2 bridgehead atoms. The first-order chi connectivity index (χ1) is 11.6. The van der Waals surface area contributed by atoms with Gasteiger partial charge < -0.3 is 9.72 Å². The van der Waals surface area contributed by atoms with Gasteiger partial charge in [0.15, 0.2) is 0 Å². The van der Waals surface area contributed by atoms with Crippen molar-refractivity contribution in [2.45, 2.75) is 31.4 Å². The van der Waals surface area contributed by atoms with E-state index in [2.05, 4.69) is 34.6 Å². The molecule has 2 aliphatic heterocycles. The number of nitrogens with zero attached hydrogens (tertiary/aromatic N) is 3. The summed E-state index contributed by atoms with van der Waals surface area (Å²) >= 11 is 0. The van der Waals surface area contributed by atoms with Crippen LogP contribution in [0.1, 0.15) is 25.6 Å². The number of halogens is 1. The van der Waals surface area contributed by atoms with Crippen LogP contribution in [-0.4, -0.2) is 32.5 Å². The van der Waals surface area contributed by atoms with Crippen molar-refractivity contribution < 1.29 is 9.13 Å². The fourth-order valence-corrected chi connectivity index (χ4v) is 4.78. The van der Waals surface area contributed by atoms with Gasteiger partial charge in [-0.05, 0) is 26.0 Å². The van der Waals surface area contributed by atoms with Crippen molar-refractivity contribution in [1.29, 1.82) is 0 Å². The Bertz CT molecular complexity index is 982. The molecule has 5 heterocycles. The summed E-state index contributed by atoms with van der Waals surface area (Å²) in [6, 6.07) is 4.27. The third kappa shape index (κ3) is 1.32. The van der Waals surface area contributed by atoms with Crippen LogP contribution in [0.15, 0.2) is 24.5 Å². The molecule has 4 aliphatic rings. The van der Waals surface area contributed by atoms with E-state index in [0.29, 0.717) is 29.0 Å². The molecule has 1 unspecified atom stereocenters. The van der Waals surface area contributed by atoms with Gasteiger partial charge in [-0.15, -0.1) is 0 Å². The first-order valence-electron chi connectivity index (χ1n) is 8.47. The van der Waals surface area contributed by atoms with E-state index in [9.17, 15) is 4.39 Å². The van der Waals surface area contributed by atoms with Crippen LogP contribution >= 0.6 is 0 Å². The number of hydrogen-bond donors (Lipinski definition) is 1. The Morgan fingerprint density at radius 2 is 2.29 bits per heavy atom. The minimum Gasteiger partial charge on any atom is -0.377 e. The molecule has 24 heavy (non-hydrogen) atoms. The normalized spacial score (nSPS) is 32.6. The van der Waals surface area contributed by atoms with E-state index in [1.807, 2.05) is 6.07 Å². The summed E-state index contributed by atoms with van der Waals surface area (Å²) in [5.74, 6) is 1.09. The Morgan fingerprint density at radius 3 is 3.00 bits per heavy atom. The Morgan fingerprint density at radius 1 is 1.42 bits per heavy atom. The maximum absolute atomic E-state index is 13.9. The number of hydrogen-bond acceptors (Lipinski definition) is 3. The zero-order valence-electron chi connectivity index (χ0n) is 13.5. The number of H-pyrrole nitrogens is 1. The first-order valence-corrected chi connectivity index (χ1v) is 8.47. The Labute approximate surface area is 137 Å². The van der Waals surface area contributed by atoms with E-state index < -0.39 is 0 Å². The molecule has 2 saturated carbocycles. The predicted octanol–water partition coefficient (Wildman–Crippen LogP) is 3.04. The molecule has 0 aromatic carbocycles. The van der Waals surface area contributed by atoms with Gasteiger partial charge in [0, 0.05) is 46.9 Å². The highest BCUT2D eigenvalue weighted by Gasteiger charge is 2.93. The summed E-state index contributed by atoms with van der Waals surface area (Å²) in [5.41, 5.74) is 3.77. The standard InChI is InChI=1S/C18H17FN4O/c1-8(2)23-14(18-11-7-24-16(18)15(11)18)4-13(22-23)9-3-10-12(19)6-21-17(10)20-5-9/h3-6,8,11,15-16H,7H2,1-2H3,(H,20,21)/t11-,15-,16?,18-/m1/s1. The van der Waals surface area contributed by atoms with E-state index >= 15 is 0 Å². The summed E-state index contributed by atoms with van der Waals surface area (Å²) in [6.07, 6.45) is 3.49. The smallest absolute Gasteiger partial charge is 0.150 e. The number of nitrogens with one attached hydrogen (secondary N) is 1. The zero-order valence-corrected chi connectivity index (χ0v) is 13.5. The van der Waals surface area contributed by atoms with Gasteiger partial charge in [0.2, 0.25) is 0 Å². The van der Waals surface area contributed by atoms with Gasteiger partial charge in [-0.1, -0.05) is 0 Å². The predicted molar refractivity (Wildman–Crippen MR) is 86.1 cm³/mol. The van der Waals surface area contributed by atoms with Crippen LogP contribution in [0.4, 0.5) is 4.39 Å². The maximum Gasteiger partial charge on any atom is 0.150 e. The molecule has 5 nitrogen and oxygen atoms in total. The third-order valence-corrected chi connectivity index (χ3v) is 6.08. The van der Waals surface area contributed by atoms with Crippen LogP contribution in [0.3, 0.4) is 0 Å². The second-order valence-corrected chi connectivity index (χ2v) is 7.53. The van der Waals surface area contributed by atoms with E-state index in [0.717, 1.165) is 17.9 Å². The number of aromatic nitrogens is 4. The summed E-state index contributed by atoms with van der Waals surface area (Å²) in [5, 5.41) is 5.32. The van der Waals surface area contributed by atoms with Crippen LogP contribution in [0.5, 0.6) is 0 Å². The van der Waals surface area contributed by atoms with Crippen molar-refractivity contribution in [3.05, 3.63) is 36.0 Å². The summed E-state index contributed by atoms with van der Waals surface area (Å²) in [6.45, 7) is 5.18.